The van der Waals surface area contributed by atoms with Gasteiger partial charge in [0.1, 0.15) is 18.2 Å². The van der Waals surface area contributed by atoms with Crippen molar-refractivity contribution in [3.63, 3.8) is 0 Å². The number of rotatable bonds is 20. The summed E-state index contributed by atoms with van der Waals surface area (Å²) in [4.78, 5) is 0. The predicted octanol–water partition coefficient (Wildman–Crippen LogP) is 11.3. The fourth-order valence-electron chi connectivity index (χ4n) is 4.46. The van der Waals surface area contributed by atoms with Gasteiger partial charge in [0.2, 0.25) is 0 Å². The highest BCUT2D eigenvalue weighted by molar-refractivity contribution is 5.61. The molecule has 1 nitrogen and oxygen atoms in total. The molecule has 2 aromatic rings. The van der Waals surface area contributed by atoms with Crippen LogP contribution in [-0.2, 0) is 13.0 Å². The standard InChI is InChI=1S/C33H48F2O/c1-3-5-7-9-10-11-12-14-15-17-28-19-21-29(22-20-28)27-36-31-25-23-30(24-26-31)33(35)32(34)18-16-13-8-6-4-2/h19-26H,3-18,27H2,1-2H3. The van der Waals surface area contributed by atoms with Gasteiger partial charge in [0.25, 0.3) is 0 Å². The molecule has 0 saturated heterocycles. The summed E-state index contributed by atoms with van der Waals surface area (Å²) in [7, 11) is 0. The molecule has 0 fully saturated rings. The van der Waals surface area contributed by atoms with E-state index in [1.165, 1.54) is 63.4 Å². The van der Waals surface area contributed by atoms with E-state index in [9.17, 15) is 8.78 Å². The second-order valence-electron chi connectivity index (χ2n) is 10.1. The molecule has 0 spiro atoms. The number of ether oxygens (including phenoxy) is 1. The van der Waals surface area contributed by atoms with Crippen molar-refractivity contribution in [2.24, 2.45) is 0 Å². The first-order valence-electron chi connectivity index (χ1n) is 14.5. The molecule has 0 aliphatic rings. The van der Waals surface area contributed by atoms with E-state index in [-0.39, 0.29) is 12.0 Å². The molecule has 0 unspecified atom stereocenters. The third-order valence-electron chi connectivity index (χ3n) is 6.84. The largest absolute Gasteiger partial charge is 0.489 e. The predicted molar refractivity (Wildman–Crippen MR) is 151 cm³/mol. The summed E-state index contributed by atoms with van der Waals surface area (Å²) < 4.78 is 34.4. The van der Waals surface area contributed by atoms with Gasteiger partial charge >= 0.3 is 0 Å². The quantitative estimate of drug-likeness (QED) is 0.165. The van der Waals surface area contributed by atoms with Crippen LogP contribution in [0.1, 0.15) is 127 Å². The molecule has 2 aromatic carbocycles. The number of unbranched alkanes of at least 4 members (excludes halogenated alkanes) is 12. The highest BCUT2D eigenvalue weighted by Crippen LogP contribution is 2.27. The van der Waals surface area contributed by atoms with Gasteiger partial charge in [-0.25, -0.2) is 8.78 Å². The molecule has 0 saturated carbocycles. The Balaban J connectivity index is 1.66. The molecule has 0 heterocycles. The summed E-state index contributed by atoms with van der Waals surface area (Å²) in [5.74, 6) is -0.743. The van der Waals surface area contributed by atoms with Crippen molar-refractivity contribution in [2.75, 3.05) is 0 Å². The minimum Gasteiger partial charge on any atom is -0.489 e. The molecule has 0 N–H and O–H groups in total. The average molecular weight is 499 g/mol. The number of hydrogen-bond acceptors (Lipinski definition) is 1. The Hall–Kier alpha value is -2.16. The maximum absolute atomic E-state index is 14.4. The second kappa shape index (κ2) is 19.0. The fraction of sp³-hybridized carbons (Fsp3) is 0.576. The molecular formula is C33H48F2O. The van der Waals surface area contributed by atoms with Gasteiger partial charge in [0.05, 0.1) is 0 Å². The van der Waals surface area contributed by atoms with Crippen molar-refractivity contribution >= 4 is 5.83 Å². The maximum atomic E-state index is 14.4. The lowest BCUT2D eigenvalue weighted by Gasteiger charge is -2.09. The summed E-state index contributed by atoms with van der Waals surface area (Å²) >= 11 is 0. The molecule has 200 valence electrons. The summed E-state index contributed by atoms with van der Waals surface area (Å²) in [5, 5.41) is 0. The first-order valence-corrected chi connectivity index (χ1v) is 14.5. The average Bonchev–Trinajstić information content (AvgIpc) is 2.91. The van der Waals surface area contributed by atoms with E-state index in [0.29, 0.717) is 18.8 Å². The van der Waals surface area contributed by atoms with Crippen LogP contribution in [0, 0.1) is 0 Å². The fourth-order valence-corrected chi connectivity index (χ4v) is 4.46. The Morgan fingerprint density at radius 3 is 1.67 bits per heavy atom. The number of halogens is 2. The molecule has 36 heavy (non-hydrogen) atoms. The van der Waals surface area contributed by atoms with Crippen molar-refractivity contribution < 1.29 is 13.5 Å². The molecule has 0 atom stereocenters. The molecule has 0 aromatic heterocycles. The molecule has 0 amide bonds. The van der Waals surface area contributed by atoms with E-state index in [1.807, 2.05) is 0 Å². The molecule has 0 radical (unpaired) electrons. The van der Waals surface area contributed by atoms with Crippen LogP contribution in [0.5, 0.6) is 5.75 Å². The lowest BCUT2D eigenvalue weighted by molar-refractivity contribution is 0.306. The Morgan fingerprint density at radius 2 is 1.08 bits per heavy atom. The van der Waals surface area contributed by atoms with Crippen molar-refractivity contribution in [3.05, 3.63) is 71.0 Å². The van der Waals surface area contributed by atoms with E-state index >= 15 is 0 Å². The van der Waals surface area contributed by atoms with E-state index in [4.69, 9.17) is 4.74 Å². The van der Waals surface area contributed by atoms with Crippen molar-refractivity contribution in [3.8, 4) is 5.75 Å². The van der Waals surface area contributed by atoms with Gasteiger partial charge in [0.15, 0.2) is 5.83 Å². The van der Waals surface area contributed by atoms with Crippen LogP contribution in [0.2, 0.25) is 0 Å². The first kappa shape index (κ1) is 30.1. The van der Waals surface area contributed by atoms with Crippen molar-refractivity contribution in [1.82, 2.24) is 0 Å². The molecule has 0 aliphatic carbocycles. The number of aryl methyl sites for hydroxylation is 1. The molecule has 3 heteroatoms. The lowest BCUT2D eigenvalue weighted by Crippen LogP contribution is -1.96. The van der Waals surface area contributed by atoms with Gasteiger partial charge in [-0.3, -0.25) is 0 Å². The lowest BCUT2D eigenvalue weighted by atomic mass is 10.0. The van der Waals surface area contributed by atoms with Crippen LogP contribution in [0.4, 0.5) is 8.78 Å². The first-order chi connectivity index (χ1) is 17.6. The van der Waals surface area contributed by atoms with Crippen LogP contribution in [0.15, 0.2) is 54.4 Å². The van der Waals surface area contributed by atoms with E-state index in [0.717, 1.165) is 37.7 Å². The Morgan fingerprint density at radius 1 is 0.583 bits per heavy atom. The Kier molecular flexibility index (Phi) is 15.9. The maximum Gasteiger partial charge on any atom is 0.161 e. The minimum atomic E-state index is -0.750. The third kappa shape index (κ3) is 12.7. The molecule has 2 rings (SSSR count). The summed E-state index contributed by atoms with van der Waals surface area (Å²) in [5.41, 5.74) is 2.75. The van der Waals surface area contributed by atoms with Gasteiger partial charge in [-0.05, 0) is 54.7 Å². The van der Waals surface area contributed by atoms with Crippen LogP contribution in [0.3, 0.4) is 0 Å². The zero-order valence-corrected chi connectivity index (χ0v) is 22.8. The SMILES string of the molecule is CCCCCCCCCCCc1ccc(COc2ccc(C(F)=C(F)CCCCCCC)cc2)cc1. The normalized spacial score (nSPS) is 12.0. The monoisotopic (exact) mass is 498 g/mol. The van der Waals surface area contributed by atoms with E-state index in [1.54, 1.807) is 24.3 Å². The zero-order valence-electron chi connectivity index (χ0n) is 22.8. The van der Waals surface area contributed by atoms with Gasteiger partial charge in [0, 0.05) is 12.0 Å². The van der Waals surface area contributed by atoms with Gasteiger partial charge in [-0.2, -0.15) is 0 Å². The van der Waals surface area contributed by atoms with Gasteiger partial charge in [-0.15, -0.1) is 0 Å². The highest BCUT2D eigenvalue weighted by Gasteiger charge is 2.09. The molecule has 0 bridgehead atoms. The minimum absolute atomic E-state index is 0.170. The summed E-state index contributed by atoms with van der Waals surface area (Å²) in [6.45, 7) is 4.87. The Bertz CT molecular complexity index is 839. The molecular weight excluding hydrogens is 450 g/mol. The van der Waals surface area contributed by atoms with Crippen molar-refractivity contribution in [1.29, 1.82) is 0 Å². The number of allylic oxidation sites excluding steroid dienone is 1. The van der Waals surface area contributed by atoms with Crippen LogP contribution in [-0.4, -0.2) is 0 Å². The highest BCUT2D eigenvalue weighted by atomic mass is 19.2. The van der Waals surface area contributed by atoms with Crippen LogP contribution in [0.25, 0.3) is 5.83 Å². The van der Waals surface area contributed by atoms with E-state index < -0.39 is 11.7 Å². The molecule has 0 aliphatic heterocycles. The number of benzene rings is 2. The summed E-state index contributed by atoms with van der Waals surface area (Å²) in [6, 6.07) is 15.2. The topological polar surface area (TPSA) is 9.23 Å². The Labute approximate surface area is 219 Å². The number of hydrogen-bond donors (Lipinski definition) is 0. The van der Waals surface area contributed by atoms with Crippen LogP contribution < -0.4 is 4.74 Å². The summed E-state index contributed by atoms with van der Waals surface area (Å²) in [6.07, 6.45) is 18.5. The van der Waals surface area contributed by atoms with E-state index in [2.05, 4.69) is 38.1 Å². The van der Waals surface area contributed by atoms with Crippen molar-refractivity contribution in [2.45, 2.75) is 123 Å². The second-order valence-corrected chi connectivity index (χ2v) is 10.1. The smallest absolute Gasteiger partial charge is 0.161 e. The van der Waals surface area contributed by atoms with Gasteiger partial charge in [-0.1, -0.05) is 115 Å². The van der Waals surface area contributed by atoms with Gasteiger partial charge < -0.3 is 4.74 Å². The third-order valence-corrected chi connectivity index (χ3v) is 6.84. The van der Waals surface area contributed by atoms with Crippen LogP contribution >= 0.6 is 0 Å². The zero-order chi connectivity index (χ0) is 25.8.